The van der Waals surface area contributed by atoms with Crippen LogP contribution in [0.3, 0.4) is 0 Å². The highest BCUT2D eigenvalue weighted by Gasteiger charge is 2.14. The van der Waals surface area contributed by atoms with Crippen LogP contribution in [0.4, 0.5) is 4.39 Å². The topological polar surface area (TPSA) is 53.2 Å². The van der Waals surface area contributed by atoms with Gasteiger partial charge in [0.25, 0.3) is 0 Å². The van der Waals surface area contributed by atoms with Crippen molar-refractivity contribution in [1.29, 1.82) is 5.26 Å². The van der Waals surface area contributed by atoms with Crippen molar-refractivity contribution in [3.8, 4) is 6.07 Å². The van der Waals surface area contributed by atoms with Gasteiger partial charge in [-0.25, -0.2) is 4.39 Å². The summed E-state index contributed by atoms with van der Waals surface area (Å²) in [7, 11) is 0. The number of nitrogens with zero attached hydrogens (tertiary/aromatic N) is 1. The smallest absolute Gasteiger partial charge is 0.170 e. The maximum Gasteiger partial charge on any atom is 0.170 e. The molecule has 1 aromatic carbocycles. The van der Waals surface area contributed by atoms with Gasteiger partial charge in [-0.1, -0.05) is 15.9 Å². The number of benzene rings is 1. The zero-order valence-corrected chi connectivity index (χ0v) is 9.37. The Hall–Kier alpha value is -0.960. The Morgan fingerprint density at radius 2 is 2.33 bits per heavy atom. The molecule has 0 saturated carbocycles. The van der Waals surface area contributed by atoms with E-state index in [4.69, 9.17) is 15.1 Å². The minimum atomic E-state index is -0.873. The van der Waals surface area contributed by atoms with Crippen LogP contribution < -0.4 is 0 Å². The van der Waals surface area contributed by atoms with Gasteiger partial charge in [0.05, 0.1) is 19.3 Å². The molecule has 15 heavy (non-hydrogen) atoms. The van der Waals surface area contributed by atoms with Gasteiger partial charge in [-0.2, -0.15) is 5.26 Å². The van der Waals surface area contributed by atoms with Crippen LogP contribution in [0.25, 0.3) is 0 Å². The van der Waals surface area contributed by atoms with E-state index in [1.54, 1.807) is 0 Å². The molecule has 0 fully saturated rings. The van der Waals surface area contributed by atoms with Crippen molar-refractivity contribution in [3.63, 3.8) is 0 Å². The van der Waals surface area contributed by atoms with Crippen LogP contribution in [0.2, 0.25) is 0 Å². The predicted octanol–water partition coefficient (Wildman–Crippen LogP) is 2.16. The third-order valence-electron chi connectivity index (χ3n) is 1.73. The van der Waals surface area contributed by atoms with Crippen LogP contribution in [0.5, 0.6) is 0 Å². The molecule has 1 atom stereocenters. The molecule has 0 aliphatic heterocycles. The normalized spacial score (nSPS) is 12.1. The zero-order valence-electron chi connectivity index (χ0n) is 7.78. The second kappa shape index (κ2) is 5.81. The van der Waals surface area contributed by atoms with E-state index in [-0.39, 0.29) is 13.2 Å². The third-order valence-corrected chi connectivity index (χ3v) is 2.46. The van der Waals surface area contributed by atoms with E-state index in [2.05, 4.69) is 15.9 Å². The zero-order chi connectivity index (χ0) is 11.3. The number of aliphatic hydroxyl groups excluding tert-OH is 1. The molecule has 0 heterocycles. The predicted molar refractivity (Wildman–Crippen MR) is 55.5 cm³/mol. The van der Waals surface area contributed by atoms with E-state index < -0.39 is 11.9 Å². The maximum absolute atomic E-state index is 12.9. The quantitative estimate of drug-likeness (QED) is 0.915. The molecule has 0 bridgehead atoms. The number of nitriles is 1. The van der Waals surface area contributed by atoms with E-state index in [1.165, 1.54) is 18.2 Å². The fourth-order valence-corrected chi connectivity index (χ4v) is 1.54. The van der Waals surface area contributed by atoms with Crippen LogP contribution in [-0.4, -0.2) is 18.3 Å². The minimum Gasteiger partial charge on any atom is -0.394 e. The summed E-state index contributed by atoms with van der Waals surface area (Å²) < 4.78 is 18.6. The molecule has 1 aromatic rings. The van der Waals surface area contributed by atoms with Crippen molar-refractivity contribution in [1.82, 2.24) is 0 Å². The molecule has 0 aliphatic rings. The fraction of sp³-hybridized carbons (Fsp3) is 0.300. The molecule has 0 spiro atoms. The first kappa shape index (κ1) is 12.1. The van der Waals surface area contributed by atoms with Crippen LogP contribution in [0, 0.1) is 17.1 Å². The highest BCUT2D eigenvalue weighted by molar-refractivity contribution is 9.10. The molecule has 0 saturated heterocycles. The molecular weight excluding hydrogens is 265 g/mol. The minimum absolute atomic E-state index is 0.0428. The number of hydrogen-bond donors (Lipinski definition) is 1. The summed E-state index contributed by atoms with van der Waals surface area (Å²) in [6, 6.07) is 5.92. The summed E-state index contributed by atoms with van der Waals surface area (Å²) in [5.74, 6) is -0.430. The van der Waals surface area contributed by atoms with Gasteiger partial charge in [-0.3, -0.25) is 0 Å². The summed E-state index contributed by atoms with van der Waals surface area (Å²) in [4.78, 5) is 0. The van der Waals surface area contributed by atoms with Gasteiger partial charge < -0.3 is 9.84 Å². The molecular formula is C10H9BrFNO2. The average molecular weight is 274 g/mol. The van der Waals surface area contributed by atoms with E-state index in [9.17, 15) is 4.39 Å². The largest absolute Gasteiger partial charge is 0.394 e. The molecule has 0 aromatic heterocycles. The molecule has 3 nitrogen and oxygen atoms in total. The Balaban J connectivity index is 2.91. The van der Waals surface area contributed by atoms with Gasteiger partial charge in [0.15, 0.2) is 6.10 Å². The van der Waals surface area contributed by atoms with E-state index in [0.717, 1.165) is 0 Å². The second-order valence-corrected chi connectivity index (χ2v) is 3.62. The van der Waals surface area contributed by atoms with Crippen molar-refractivity contribution >= 4 is 15.9 Å². The number of ether oxygens (including phenoxy) is 1. The lowest BCUT2D eigenvalue weighted by Gasteiger charge is -2.11. The standard InChI is InChI=1S/C10H9BrFNO2/c11-9-2-1-7(12)5-8(9)10(6-13)15-4-3-14/h1-2,5,10,14H,3-4H2. The van der Waals surface area contributed by atoms with Crippen molar-refractivity contribution < 1.29 is 14.2 Å². The lowest BCUT2D eigenvalue weighted by Crippen LogP contribution is -2.07. The Morgan fingerprint density at radius 3 is 2.93 bits per heavy atom. The average Bonchev–Trinajstić information content (AvgIpc) is 2.24. The van der Waals surface area contributed by atoms with Gasteiger partial charge in [-0.05, 0) is 18.2 Å². The highest BCUT2D eigenvalue weighted by Crippen LogP contribution is 2.26. The summed E-state index contributed by atoms with van der Waals surface area (Å²) in [5, 5.41) is 17.4. The van der Waals surface area contributed by atoms with Crippen molar-refractivity contribution in [2.45, 2.75) is 6.10 Å². The van der Waals surface area contributed by atoms with Crippen LogP contribution >= 0.6 is 15.9 Å². The van der Waals surface area contributed by atoms with Crippen molar-refractivity contribution in [2.24, 2.45) is 0 Å². The summed E-state index contributed by atoms with van der Waals surface area (Å²) in [6.45, 7) is -0.133. The lowest BCUT2D eigenvalue weighted by atomic mass is 10.1. The summed E-state index contributed by atoms with van der Waals surface area (Å²) >= 11 is 3.20. The lowest BCUT2D eigenvalue weighted by molar-refractivity contribution is 0.0576. The molecule has 0 radical (unpaired) electrons. The fourth-order valence-electron chi connectivity index (χ4n) is 1.08. The van der Waals surface area contributed by atoms with Gasteiger partial charge >= 0.3 is 0 Å². The molecule has 1 N–H and O–H groups in total. The van der Waals surface area contributed by atoms with E-state index in [1.807, 2.05) is 6.07 Å². The molecule has 0 aliphatic carbocycles. The third kappa shape index (κ3) is 3.27. The SMILES string of the molecule is N#CC(OCCO)c1cc(F)ccc1Br. The van der Waals surface area contributed by atoms with Gasteiger partial charge in [0, 0.05) is 10.0 Å². The molecule has 1 unspecified atom stereocenters. The molecule has 1 rings (SSSR count). The second-order valence-electron chi connectivity index (χ2n) is 2.77. The van der Waals surface area contributed by atoms with Gasteiger partial charge in [-0.15, -0.1) is 0 Å². The maximum atomic E-state index is 12.9. The van der Waals surface area contributed by atoms with Crippen LogP contribution in [0.15, 0.2) is 22.7 Å². The Bertz CT molecular complexity index is 378. The number of rotatable bonds is 4. The first-order chi connectivity index (χ1) is 7.19. The highest BCUT2D eigenvalue weighted by atomic mass is 79.9. The molecule has 80 valence electrons. The Morgan fingerprint density at radius 1 is 1.60 bits per heavy atom. The first-order valence-corrected chi connectivity index (χ1v) is 5.05. The van der Waals surface area contributed by atoms with Crippen molar-refractivity contribution in [3.05, 3.63) is 34.1 Å². The molecule has 0 amide bonds. The van der Waals surface area contributed by atoms with Crippen molar-refractivity contribution in [2.75, 3.05) is 13.2 Å². The summed E-state index contributed by atoms with van der Waals surface area (Å²) in [6.07, 6.45) is -0.873. The van der Waals surface area contributed by atoms with E-state index in [0.29, 0.717) is 10.0 Å². The van der Waals surface area contributed by atoms with Gasteiger partial charge in [0.2, 0.25) is 0 Å². The van der Waals surface area contributed by atoms with Crippen LogP contribution in [0.1, 0.15) is 11.7 Å². The number of hydrogen-bond acceptors (Lipinski definition) is 3. The Kier molecular flexibility index (Phi) is 4.69. The van der Waals surface area contributed by atoms with E-state index >= 15 is 0 Å². The molecule has 5 heteroatoms. The summed E-state index contributed by atoms with van der Waals surface area (Å²) in [5.41, 5.74) is 0.422. The van der Waals surface area contributed by atoms with Crippen LogP contribution in [-0.2, 0) is 4.74 Å². The first-order valence-electron chi connectivity index (χ1n) is 4.26. The monoisotopic (exact) mass is 273 g/mol. The number of aliphatic hydroxyl groups is 1. The van der Waals surface area contributed by atoms with Gasteiger partial charge in [0.1, 0.15) is 5.82 Å². The number of halogens is 2. The Labute approximate surface area is 95.2 Å².